The lowest BCUT2D eigenvalue weighted by molar-refractivity contribution is -0.117. The topological polar surface area (TPSA) is 114 Å². The number of hydrogen-bond acceptors (Lipinski definition) is 8. The first-order valence-electron chi connectivity index (χ1n) is 16.0. The smallest absolute Gasteiger partial charge is 0.256 e. The summed E-state index contributed by atoms with van der Waals surface area (Å²) in [6.07, 6.45) is 3.40. The molecule has 1 atom stereocenters. The van der Waals surface area contributed by atoms with Crippen molar-refractivity contribution in [2.45, 2.75) is 25.4 Å². The van der Waals surface area contributed by atoms with Gasteiger partial charge in [0.2, 0.25) is 5.91 Å². The molecule has 2 amide bonds. The van der Waals surface area contributed by atoms with Gasteiger partial charge in [-0.05, 0) is 71.3 Å². The fourth-order valence-corrected chi connectivity index (χ4v) is 5.95. The van der Waals surface area contributed by atoms with E-state index in [1.54, 1.807) is 73.7 Å². The Kier molecular flexibility index (Phi) is 10.2. The van der Waals surface area contributed by atoms with Crippen LogP contribution in [0.4, 0.5) is 5.69 Å². The van der Waals surface area contributed by atoms with Gasteiger partial charge in [0.25, 0.3) is 5.91 Å². The van der Waals surface area contributed by atoms with E-state index in [0.717, 1.165) is 28.2 Å². The highest BCUT2D eigenvalue weighted by Gasteiger charge is 2.33. The third kappa shape index (κ3) is 7.53. The second-order valence-electron chi connectivity index (χ2n) is 11.8. The maximum absolute atomic E-state index is 14.1. The van der Waals surface area contributed by atoms with Gasteiger partial charge in [-0.2, -0.15) is 5.26 Å². The van der Waals surface area contributed by atoms with Crippen molar-refractivity contribution in [3.05, 3.63) is 137 Å². The quantitative estimate of drug-likeness (QED) is 0.138. The van der Waals surface area contributed by atoms with Crippen LogP contribution in [0.15, 0.2) is 109 Å². The summed E-state index contributed by atoms with van der Waals surface area (Å²) in [5.41, 5.74) is 4.08. The number of rotatable bonds is 12. The van der Waals surface area contributed by atoms with Crippen LogP contribution in [0.25, 0.3) is 0 Å². The van der Waals surface area contributed by atoms with Gasteiger partial charge in [-0.15, -0.1) is 0 Å². The molecule has 1 saturated heterocycles. The van der Waals surface area contributed by atoms with Crippen molar-refractivity contribution in [1.29, 1.82) is 5.26 Å². The van der Waals surface area contributed by atoms with E-state index in [1.807, 2.05) is 60.7 Å². The third-order valence-electron chi connectivity index (χ3n) is 8.65. The Balaban J connectivity index is 1.23. The van der Waals surface area contributed by atoms with Gasteiger partial charge in [-0.25, -0.2) is 0 Å². The van der Waals surface area contributed by atoms with Crippen LogP contribution in [0.2, 0.25) is 0 Å². The van der Waals surface area contributed by atoms with E-state index in [-0.39, 0.29) is 24.2 Å². The first kappa shape index (κ1) is 33.6. The van der Waals surface area contributed by atoms with E-state index in [2.05, 4.69) is 11.1 Å². The van der Waals surface area contributed by atoms with E-state index < -0.39 is 0 Å². The average Bonchev–Trinajstić information content (AvgIpc) is 3.56. The van der Waals surface area contributed by atoms with Crippen molar-refractivity contribution < 1.29 is 28.5 Å². The molecule has 0 N–H and O–H groups in total. The summed E-state index contributed by atoms with van der Waals surface area (Å²) in [7, 11) is 4.78. The van der Waals surface area contributed by atoms with Crippen LogP contribution < -0.4 is 23.8 Å². The number of hydrogen-bond donors (Lipinski definition) is 0. The van der Waals surface area contributed by atoms with E-state index in [0.29, 0.717) is 53.7 Å². The number of pyridine rings is 1. The number of anilines is 1. The number of carbonyl (C=O) groups excluding carboxylic acids is 2. The van der Waals surface area contributed by atoms with Gasteiger partial charge >= 0.3 is 0 Å². The van der Waals surface area contributed by atoms with Gasteiger partial charge in [0.15, 0.2) is 11.5 Å². The summed E-state index contributed by atoms with van der Waals surface area (Å²) in [4.78, 5) is 35.4. The monoisotopic (exact) mass is 668 g/mol. The van der Waals surface area contributed by atoms with Gasteiger partial charge < -0.3 is 28.7 Å². The van der Waals surface area contributed by atoms with Crippen LogP contribution in [0.1, 0.15) is 45.0 Å². The van der Waals surface area contributed by atoms with Gasteiger partial charge in [-0.1, -0.05) is 42.5 Å². The summed E-state index contributed by atoms with van der Waals surface area (Å²) in [6, 6.07) is 31.6. The minimum absolute atomic E-state index is 0.0807. The molecule has 0 radical (unpaired) electrons. The fraction of sp³-hybridized carbons (Fsp3) is 0.200. The minimum atomic E-state index is -0.219. The Morgan fingerprint density at radius 1 is 0.820 bits per heavy atom. The lowest BCUT2D eigenvalue weighted by Gasteiger charge is -2.24. The zero-order chi connectivity index (χ0) is 35.0. The Labute approximate surface area is 291 Å². The molecule has 0 aliphatic carbocycles. The third-order valence-corrected chi connectivity index (χ3v) is 8.65. The molecule has 50 heavy (non-hydrogen) atoms. The highest BCUT2D eigenvalue weighted by Crippen LogP contribution is 2.39. The summed E-state index contributed by atoms with van der Waals surface area (Å²) < 4.78 is 22.3. The van der Waals surface area contributed by atoms with Crippen LogP contribution in [-0.4, -0.2) is 49.6 Å². The van der Waals surface area contributed by atoms with E-state index >= 15 is 0 Å². The predicted molar refractivity (Wildman–Crippen MR) is 188 cm³/mol. The molecule has 252 valence electrons. The van der Waals surface area contributed by atoms with Crippen LogP contribution in [-0.2, 0) is 17.9 Å². The molecule has 1 fully saturated rings. The zero-order valence-corrected chi connectivity index (χ0v) is 28.0. The second-order valence-corrected chi connectivity index (χ2v) is 11.8. The van der Waals surface area contributed by atoms with Crippen LogP contribution in [0.5, 0.6) is 28.7 Å². The van der Waals surface area contributed by atoms with Gasteiger partial charge in [0.1, 0.15) is 23.3 Å². The van der Waals surface area contributed by atoms with Crippen LogP contribution >= 0.6 is 0 Å². The Hall–Kier alpha value is -6.34. The van der Waals surface area contributed by atoms with Gasteiger partial charge in [-0.3, -0.25) is 14.6 Å². The second kappa shape index (κ2) is 15.3. The molecule has 10 heteroatoms. The molecule has 1 aromatic heterocycles. The number of methoxy groups -OCH3 is 3. The van der Waals surface area contributed by atoms with Gasteiger partial charge in [0.05, 0.1) is 44.3 Å². The molecule has 5 aromatic rings. The molecular formula is C40H36N4O6. The van der Waals surface area contributed by atoms with Gasteiger partial charge in [0, 0.05) is 38.2 Å². The van der Waals surface area contributed by atoms with Crippen molar-refractivity contribution in [2.75, 3.05) is 32.8 Å². The highest BCUT2D eigenvalue weighted by atomic mass is 16.5. The lowest BCUT2D eigenvalue weighted by Crippen LogP contribution is -2.31. The van der Waals surface area contributed by atoms with Crippen molar-refractivity contribution in [3.63, 3.8) is 0 Å². The summed E-state index contributed by atoms with van der Waals surface area (Å²) in [5, 5.41) is 9.53. The molecule has 10 nitrogen and oxygen atoms in total. The first-order valence-corrected chi connectivity index (χ1v) is 16.0. The molecule has 0 unspecified atom stereocenters. The van der Waals surface area contributed by atoms with E-state index in [9.17, 15) is 14.9 Å². The molecule has 0 saturated carbocycles. The number of ether oxygens (including phenoxy) is 4. The number of benzene rings is 4. The van der Waals surface area contributed by atoms with E-state index in [1.165, 1.54) is 6.20 Å². The van der Waals surface area contributed by atoms with Crippen molar-refractivity contribution >= 4 is 17.5 Å². The van der Waals surface area contributed by atoms with Crippen LogP contribution in [0.3, 0.4) is 0 Å². The fourth-order valence-electron chi connectivity index (χ4n) is 5.95. The Morgan fingerprint density at radius 2 is 1.48 bits per heavy atom. The SMILES string of the molecule is COc1ccc(CN(Cc2ccc(OC)cc2)C(=O)c2cncc(N3C[C@@H](c4ccc(OC)c(Oc5ccccc5C#N)c4)CC3=O)c2)cc1. The maximum Gasteiger partial charge on any atom is 0.256 e. The van der Waals surface area contributed by atoms with Crippen LogP contribution in [0, 0.1) is 11.3 Å². The summed E-state index contributed by atoms with van der Waals surface area (Å²) >= 11 is 0. The number of para-hydroxylation sites is 1. The molecule has 0 spiro atoms. The van der Waals surface area contributed by atoms with E-state index in [4.69, 9.17) is 18.9 Å². The zero-order valence-electron chi connectivity index (χ0n) is 28.0. The number of aromatic nitrogens is 1. The van der Waals surface area contributed by atoms with Crippen molar-refractivity contribution in [1.82, 2.24) is 9.88 Å². The molecular weight excluding hydrogens is 632 g/mol. The number of nitriles is 1. The molecule has 6 rings (SSSR count). The lowest BCUT2D eigenvalue weighted by atomic mass is 9.98. The number of nitrogens with zero attached hydrogens (tertiary/aromatic N) is 4. The molecule has 1 aliphatic rings. The highest BCUT2D eigenvalue weighted by molar-refractivity contribution is 5.99. The first-order chi connectivity index (χ1) is 24.4. The molecule has 2 heterocycles. The van der Waals surface area contributed by atoms with Crippen molar-refractivity contribution in [3.8, 4) is 34.8 Å². The maximum atomic E-state index is 14.1. The molecule has 4 aromatic carbocycles. The summed E-state index contributed by atoms with van der Waals surface area (Å²) in [6.45, 7) is 1.09. The minimum Gasteiger partial charge on any atom is -0.497 e. The summed E-state index contributed by atoms with van der Waals surface area (Å²) in [5.74, 6) is 2.38. The average molecular weight is 669 g/mol. The Bertz CT molecular complexity index is 1970. The molecule has 1 aliphatic heterocycles. The largest absolute Gasteiger partial charge is 0.497 e. The number of amides is 2. The standard InChI is InChI=1S/C40H36N4O6/c1-47-34-13-8-27(9-14-34)24-43(25-28-10-15-35(48-2)16-11-28)40(46)31-18-33(23-42-22-31)44-26-32(20-39(44)45)29-12-17-37(49-3)38(19-29)50-36-7-5-4-6-30(36)21-41/h4-19,22-23,32H,20,24-26H2,1-3H3/t32-/m0/s1. The Morgan fingerprint density at radius 3 is 2.10 bits per heavy atom. The number of carbonyl (C=O) groups is 2. The predicted octanol–water partition coefficient (Wildman–Crippen LogP) is 7.13. The van der Waals surface area contributed by atoms with Crippen molar-refractivity contribution in [2.24, 2.45) is 0 Å². The normalized spacial score (nSPS) is 13.8. The molecule has 0 bridgehead atoms.